The second kappa shape index (κ2) is 8.34. The van der Waals surface area contributed by atoms with E-state index in [1.807, 2.05) is 23.2 Å². The lowest BCUT2D eigenvalue weighted by Crippen LogP contribution is -2.33. The zero-order chi connectivity index (χ0) is 18.6. The number of carbonyl (C=O) groups excluding carboxylic acids is 1. The summed E-state index contributed by atoms with van der Waals surface area (Å²) in [4.78, 5) is 21.1. The van der Waals surface area contributed by atoms with E-state index < -0.39 is 0 Å². The van der Waals surface area contributed by atoms with E-state index in [1.165, 1.54) is 19.3 Å². The molecule has 1 aliphatic carbocycles. The SMILES string of the molecule is CC1=C(CCN2CCC(=O)N(Cc3cccnc3)CC2)C(C)(C)CCC1. The van der Waals surface area contributed by atoms with Crippen LogP contribution in [0, 0.1) is 5.41 Å². The predicted octanol–water partition coefficient (Wildman–Crippen LogP) is 4.03. The Bertz CT molecular complexity index is 651. The molecule has 0 aromatic carbocycles. The summed E-state index contributed by atoms with van der Waals surface area (Å²) >= 11 is 0. The summed E-state index contributed by atoms with van der Waals surface area (Å²) in [5.74, 6) is 0.268. The molecular weight excluding hydrogens is 322 g/mol. The number of hydrogen-bond acceptors (Lipinski definition) is 3. The zero-order valence-corrected chi connectivity index (χ0v) is 16.6. The Hall–Kier alpha value is -1.68. The number of nitrogens with zero attached hydrogens (tertiary/aromatic N) is 3. The van der Waals surface area contributed by atoms with Crippen LogP contribution < -0.4 is 0 Å². The Balaban J connectivity index is 1.56. The van der Waals surface area contributed by atoms with E-state index >= 15 is 0 Å². The number of carbonyl (C=O) groups is 1. The molecule has 4 heteroatoms. The molecule has 0 bridgehead atoms. The van der Waals surface area contributed by atoms with Crippen molar-refractivity contribution in [2.24, 2.45) is 5.41 Å². The Labute approximate surface area is 158 Å². The molecule has 0 unspecified atom stereocenters. The molecule has 3 rings (SSSR count). The van der Waals surface area contributed by atoms with Gasteiger partial charge in [-0.25, -0.2) is 0 Å². The summed E-state index contributed by atoms with van der Waals surface area (Å²) in [6.07, 6.45) is 9.30. The first-order valence-corrected chi connectivity index (χ1v) is 10.0. The maximum atomic E-state index is 12.5. The van der Waals surface area contributed by atoms with Gasteiger partial charge in [-0.05, 0) is 49.7 Å². The first-order chi connectivity index (χ1) is 12.5. The van der Waals surface area contributed by atoms with Crippen molar-refractivity contribution in [3.8, 4) is 0 Å². The molecule has 2 heterocycles. The highest BCUT2D eigenvalue weighted by Gasteiger charge is 2.29. The van der Waals surface area contributed by atoms with Crippen molar-refractivity contribution in [1.29, 1.82) is 0 Å². The quantitative estimate of drug-likeness (QED) is 0.748. The van der Waals surface area contributed by atoms with Gasteiger partial charge < -0.3 is 9.80 Å². The van der Waals surface area contributed by atoms with Crippen molar-refractivity contribution in [3.63, 3.8) is 0 Å². The molecule has 0 saturated carbocycles. The third-order valence-electron chi connectivity index (χ3n) is 6.14. The number of pyridine rings is 1. The van der Waals surface area contributed by atoms with Crippen molar-refractivity contribution < 1.29 is 4.79 Å². The van der Waals surface area contributed by atoms with Gasteiger partial charge in [0.05, 0.1) is 0 Å². The molecule has 1 fully saturated rings. The summed E-state index contributed by atoms with van der Waals surface area (Å²) in [6, 6.07) is 3.98. The molecular formula is C22H33N3O. The topological polar surface area (TPSA) is 36.4 Å². The largest absolute Gasteiger partial charge is 0.337 e. The third-order valence-corrected chi connectivity index (χ3v) is 6.14. The fourth-order valence-electron chi connectivity index (χ4n) is 4.51. The monoisotopic (exact) mass is 355 g/mol. The van der Waals surface area contributed by atoms with Crippen molar-refractivity contribution in [1.82, 2.24) is 14.8 Å². The van der Waals surface area contributed by atoms with Gasteiger partial charge in [0.25, 0.3) is 0 Å². The van der Waals surface area contributed by atoms with E-state index in [-0.39, 0.29) is 5.91 Å². The molecule has 0 spiro atoms. The Morgan fingerprint density at radius 2 is 2.04 bits per heavy atom. The van der Waals surface area contributed by atoms with E-state index in [0.717, 1.165) is 38.2 Å². The minimum absolute atomic E-state index is 0.268. The maximum absolute atomic E-state index is 12.5. The number of allylic oxidation sites excluding steroid dienone is 1. The first-order valence-electron chi connectivity index (χ1n) is 10.0. The normalized spacial score (nSPS) is 21.8. The predicted molar refractivity (Wildman–Crippen MR) is 106 cm³/mol. The Morgan fingerprint density at radius 3 is 2.77 bits per heavy atom. The van der Waals surface area contributed by atoms with Crippen LogP contribution in [0.2, 0.25) is 0 Å². The highest BCUT2D eigenvalue weighted by molar-refractivity contribution is 5.76. The summed E-state index contributed by atoms with van der Waals surface area (Å²) in [6.45, 7) is 11.5. The molecule has 2 aliphatic rings. The zero-order valence-electron chi connectivity index (χ0n) is 16.6. The van der Waals surface area contributed by atoms with Crippen LogP contribution >= 0.6 is 0 Å². The molecule has 1 amide bonds. The van der Waals surface area contributed by atoms with Gasteiger partial charge in [0, 0.05) is 51.5 Å². The van der Waals surface area contributed by atoms with Gasteiger partial charge in [0.2, 0.25) is 5.91 Å². The minimum Gasteiger partial charge on any atom is -0.337 e. The molecule has 4 nitrogen and oxygen atoms in total. The first kappa shape index (κ1) is 19.1. The average molecular weight is 356 g/mol. The minimum atomic E-state index is 0.268. The van der Waals surface area contributed by atoms with Crippen molar-refractivity contribution >= 4 is 5.91 Å². The van der Waals surface area contributed by atoms with Crippen molar-refractivity contribution in [2.45, 2.75) is 59.4 Å². The number of aromatic nitrogens is 1. The average Bonchev–Trinajstić information content (AvgIpc) is 2.78. The Morgan fingerprint density at radius 1 is 1.19 bits per heavy atom. The van der Waals surface area contributed by atoms with Crippen LogP contribution in [0.5, 0.6) is 0 Å². The fraction of sp³-hybridized carbons (Fsp3) is 0.636. The van der Waals surface area contributed by atoms with Gasteiger partial charge in [-0.3, -0.25) is 9.78 Å². The molecule has 1 aliphatic heterocycles. The van der Waals surface area contributed by atoms with Crippen LogP contribution in [0.15, 0.2) is 35.7 Å². The second-order valence-electron chi connectivity index (χ2n) is 8.51. The lowest BCUT2D eigenvalue weighted by Gasteiger charge is -2.35. The smallest absolute Gasteiger partial charge is 0.224 e. The van der Waals surface area contributed by atoms with E-state index in [2.05, 4.69) is 30.7 Å². The van der Waals surface area contributed by atoms with E-state index in [1.54, 1.807) is 17.3 Å². The molecule has 1 aromatic heterocycles. The standard InChI is InChI=1S/C22H33N3O/c1-18-6-4-10-22(2,3)20(18)8-12-24-13-9-21(26)25(15-14-24)17-19-7-5-11-23-16-19/h5,7,11,16H,4,6,8-10,12-15,17H2,1-3H3. The molecule has 0 atom stereocenters. The van der Waals surface area contributed by atoms with Crippen molar-refractivity contribution in [3.05, 3.63) is 41.2 Å². The number of rotatable bonds is 5. The van der Waals surface area contributed by atoms with Crippen LogP contribution in [0.3, 0.4) is 0 Å². The van der Waals surface area contributed by atoms with Crippen LogP contribution in [-0.4, -0.2) is 46.9 Å². The number of hydrogen-bond donors (Lipinski definition) is 0. The summed E-state index contributed by atoms with van der Waals surface area (Å²) < 4.78 is 0. The van der Waals surface area contributed by atoms with E-state index in [0.29, 0.717) is 18.4 Å². The Kier molecular flexibility index (Phi) is 6.13. The third kappa shape index (κ3) is 4.73. The van der Waals surface area contributed by atoms with Crippen LogP contribution in [0.4, 0.5) is 0 Å². The molecule has 1 aromatic rings. The molecule has 142 valence electrons. The van der Waals surface area contributed by atoms with E-state index in [9.17, 15) is 4.79 Å². The van der Waals surface area contributed by atoms with Crippen LogP contribution in [-0.2, 0) is 11.3 Å². The summed E-state index contributed by atoms with van der Waals surface area (Å²) in [5, 5.41) is 0. The maximum Gasteiger partial charge on any atom is 0.224 e. The molecule has 26 heavy (non-hydrogen) atoms. The van der Waals surface area contributed by atoms with Gasteiger partial charge in [-0.1, -0.05) is 31.1 Å². The molecule has 1 saturated heterocycles. The van der Waals surface area contributed by atoms with Crippen LogP contribution in [0.25, 0.3) is 0 Å². The van der Waals surface area contributed by atoms with Gasteiger partial charge >= 0.3 is 0 Å². The molecule has 0 radical (unpaired) electrons. The summed E-state index contributed by atoms with van der Waals surface area (Å²) in [7, 11) is 0. The van der Waals surface area contributed by atoms with E-state index in [4.69, 9.17) is 0 Å². The number of amides is 1. The van der Waals surface area contributed by atoms with Crippen LogP contribution in [0.1, 0.15) is 58.4 Å². The van der Waals surface area contributed by atoms with Crippen molar-refractivity contribution in [2.75, 3.05) is 26.2 Å². The fourth-order valence-corrected chi connectivity index (χ4v) is 4.51. The van der Waals surface area contributed by atoms with Gasteiger partial charge in [-0.2, -0.15) is 0 Å². The lowest BCUT2D eigenvalue weighted by atomic mass is 9.71. The second-order valence-corrected chi connectivity index (χ2v) is 8.51. The highest BCUT2D eigenvalue weighted by atomic mass is 16.2. The van der Waals surface area contributed by atoms with Gasteiger partial charge in [-0.15, -0.1) is 0 Å². The lowest BCUT2D eigenvalue weighted by molar-refractivity contribution is -0.130. The highest BCUT2D eigenvalue weighted by Crippen LogP contribution is 2.41. The molecule has 0 N–H and O–H groups in total. The van der Waals surface area contributed by atoms with Gasteiger partial charge in [0.1, 0.15) is 0 Å². The summed E-state index contributed by atoms with van der Waals surface area (Å²) in [5.41, 5.74) is 4.71. The van der Waals surface area contributed by atoms with Gasteiger partial charge in [0.15, 0.2) is 0 Å².